The predicted octanol–water partition coefficient (Wildman–Crippen LogP) is 5.56. The minimum atomic E-state index is -2.05. The van der Waals surface area contributed by atoms with Crippen LogP contribution in [-0.4, -0.2) is 31.6 Å². The molecule has 0 saturated heterocycles. The zero-order valence-corrected chi connectivity index (χ0v) is 19.3. The van der Waals surface area contributed by atoms with Gasteiger partial charge in [-0.3, -0.25) is 0 Å². The van der Waals surface area contributed by atoms with Crippen molar-refractivity contribution in [2.45, 2.75) is 35.6 Å². The van der Waals surface area contributed by atoms with E-state index in [1.165, 1.54) is 9.75 Å². The fraction of sp³-hybridized carbons (Fsp3) is 0.444. The second kappa shape index (κ2) is 8.08. The molecule has 0 spiro atoms. The summed E-state index contributed by atoms with van der Waals surface area (Å²) in [5.41, 5.74) is 0. The number of aryl methyl sites for hydroxylation is 1. The molecule has 0 aliphatic rings. The Labute approximate surface area is 152 Å². The van der Waals surface area contributed by atoms with E-state index in [0.29, 0.717) is 13.2 Å². The third-order valence-electron chi connectivity index (χ3n) is 3.32. The molecule has 0 atom stereocenters. The van der Waals surface area contributed by atoms with Crippen molar-refractivity contribution < 1.29 is 9.47 Å². The molecule has 0 N–H and O–H groups in total. The van der Waals surface area contributed by atoms with E-state index in [-0.39, 0.29) is 0 Å². The van der Waals surface area contributed by atoms with E-state index < -0.39 is 18.4 Å². The topological polar surface area (TPSA) is 18.5 Å². The molecular weight excluding hydrogens is 431 g/mol. The van der Waals surface area contributed by atoms with Crippen molar-refractivity contribution in [1.82, 2.24) is 0 Å². The Morgan fingerprint density at radius 1 is 0.870 bits per heavy atom. The molecule has 23 heavy (non-hydrogen) atoms. The Morgan fingerprint density at radius 2 is 1.39 bits per heavy atom. The summed E-state index contributed by atoms with van der Waals surface area (Å²) < 4.78 is 13.6. The van der Waals surface area contributed by atoms with Crippen molar-refractivity contribution in [3.63, 3.8) is 0 Å². The molecule has 0 aliphatic heterocycles. The van der Waals surface area contributed by atoms with Gasteiger partial charge in [0, 0.05) is 0 Å². The van der Waals surface area contributed by atoms with Gasteiger partial charge in [-0.15, -0.1) is 0 Å². The molecule has 0 radical (unpaired) electrons. The van der Waals surface area contributed by atoms with Crippen LogP contribution in [0.5, 0.6) is 0 Å². The Balaban J connectivity index is 2.54. The van der Waals surface area contributed by atoms with Gasteiger partial charge in [0.15, 0.2) is 0 Å². The van der Waals surface area contributed by atoms with E-state index in [1.54, 1.807) is 14.2 Å². The standard InChI is InChI=1S/C15H17O2S2.3CH3.Sn/c1-4-16-14(12-7-6-10-18-12)15(17-5-2)13-9-8-11(3)19-13;;;;/h6-9H,4-5H2,1-3H3;3*1H3;/b15-14+;;;;. The van der Waals surface area contributed by atoms with E-state index in [0.717, 1.165) is 16.4 Å². The third-order valence-corrected chi connectivity index (χ3v) is 14.9. The van der Waals surface area contributed by atoms with Gasteiger partial charge in [-0.1, -0.05) is 0 Å². The average molecular weight is 457 g/mol. The van der Waals surface area contributed by atoms with Crippen LogP contribution in [0.4, 0.5) is 0 Å². The van der Waals surface area contributed by atoms with Gasteiger partial charge in [0.25, 0.3) is 0 Å². The average Bonchev–Trinajstić information content (AvgIpc) is 3.11. The summed E-state index contributed by atoms with van der Waals surface area (Å²) in [6.45, 7) is 7.45. The molecule has 2 nitrogen and oxygen atoms in total. The molecule has 2 aromatic rings. The fourth-order valence-corrected chi connectivity index (χ4v) is 9.36. The van der Waals surface area contributed by atoms with Crippen LogP contribution in [0.1, 0.15) is 28.5 Å². The van der Waals surface area contributed by atoms with Gasteiger partial charge in [0.05, 0.1) is 0 Å². The number of hydrogen-bond donors (Lipinski definition) is 0. The van der Waals surface area contributed by atoms with Crippen molar-refractivity contribution in [3.05, 3.63) is 38.9 Å². The summed E-state index contributed by atoms with van der Waals surface area (Å²) in [6, 6.07) is 8.75. The van der Waals surface area contributed by atoms with E-state index >= 15 is 0 Å². The van der Waals surface area contributed by atoms with Crippen LogP contribution >= 0.6 is 22.7 Å². The number of rotatable bonds is 7. The van der Waals surface area contributed by atoms with Crippen molar-refractivity contribution in [2.75, 3.05) is 13.2 Å². The second-order valence-corrected chi connectivity index (χ2v) is 24.1. The Bertz CT molecular complexity index is 677. The number of ether oxygens (including phenoxy) is 2. The molecule has 0 aromatic carbocycles. The van der Waals surface area contributed by atoms with Crippen LogP contribution in [0.3, 0.4) is 0 Å². The summed E-state index contributed by atoms with van der Waals surface area (Å²) in [6.07, 6.45) is 0. The van der Waals surface area contributed by atoms with Crippen LogP contribution < -0.4 is 2.89 Å². The van der Waals surface area contributed by atoms with Crippen LogP contribution in [0.2, 0.25) is 14.8 Å². The quantitative estimate of drug-likeness (QED) is 0.401. The SMILES string of the molecule is CCO/C(=C(/OCC)c1cc[c]([Sn]([CH3])([CH3])[CH3])s1)c1ccc(C)s1. The Kier molecular flexibility index (Phi) is 6.63. The van der Waals surface area contributed by atoms with E-state index in [9.17, 15) is 0 Å². The zero-order valence-electron chi connectivity index (χ0n) is 14.9. The van der Waals surface area contributed by atoms with E-state index in [2.05, 4.69) is 46.0 Å². The third kappa shape index (κ3) is 4.77. The molecular formula is C18H26O2S2Sn. The van der Waals surface area contributed by atoms with E-state index in [4.69, 9.17) is 9.47 Å². The molecule has 2 rings (SSSR count). The van der Waals surface area contributed by atoms with Crippen LogP contribution in [0, 0.1) is 6.92 Å². The molecule has 0 saturated carbocycles. The molecule has 126 valence electrons. The first-order valence-electron chi connectivity index (χ1n) is 8.04. The van der Waals surface area contributed by atoms with Crippen LogP contribution in [-0.2, 0) is 9.47 Å². The summed E-state index contributed by atoms with van der Waals surface area (Å²) in [5.74, 6) is 1.77. The number of hydrogen-bond acceptors (Lipinski definition) is 4. The maximum absolute atomic E-state index is 6.03. The Hall–Kier alpha value is -0.461. The molecule has 0 aliphatic carbocycles. The minimum absolute atomic E-state index is 0.638. The van der Waals surface area contributed by atoms with Crippen molar-refractivity contribution in [3.8, 4) is 0 Å². The van der Waals surface area contributed by atoms with Crippen molar-refractivity contribution in [1.29, 1.82) is 0 Å². The predicted molar refractivity (Wildman–Crippen MR) is 106 cm³/mol. The van der Waals surface area contributed by atoms with Gasteiger partial charge in [-0.2, -0.15) is 0 Å². The van der Waals surface area contributed by atoms with Crippen molar-refractivity contribution >= 4 is 55.5 Å². The van der Waals surface area contributed by atoms with Crippen molar-refractivity contribution in [2.24, 2.45) is 0 Å². The number of thiophene rings is 2. The molecule has 2 heterocycles. The molecule has 2 aromatic heterocycles. The first-order chi connectivity index (χ1) is 10.9. The van der Waals surface area contributed by atoms with Crippen LogP contribution in [0.25, 0.3) is 11.5 Å². The molecule has 0 bridgehead atoms. The van der Waals surface area contributed by atoms with Gasteiger partial charge in [0.1, 0.15) is 0 Å². The molecule has 0 amide bonds. The van der Waals surface area contributed by atoms with Gasteiger partial charge in [0.2, 0.25) is 0 Å². The maximum atomic E-state index is 6.03. The monoisotopic (exact) mass is 458 g/mol. The second-order valence-electron chi connectivity index (χ2n) is 6.35. The summed E-state index contributed by atoms with van der Waals surface area (Å²) in [7, 11) is 0. The van der Waals surface area contributed by atoms with Gasteiger partial charge in [-0.05, 0) is 0 Å². The molecule has 5 heteroatoms. The van der Waals surface area contributed by atoms with Gasteiger partial charge in [-0.25, -0.2) is 0 Å². The Morgan fingerprint density at radius 3 is 1.78 bits per heavy atom. The van der Waals surface area contributed by atoms with E-state index in [1.807, 2.05) is 25.2 Å². The summed E-state index contributed by atoms with van der Waals surface area (Å²) in [5, 5.41) is 0. The summed E-state index contributed by atoms with van der Waals surface area (Å²) in [4.78, 5) is 10.9. The first kappa shape index (κ1) is 18.9. The zero-order chi connectivity index (χ0) is 17.0. The van der Waals surface area contributed by atoms with Gasteiger partial charge < -0.3 is 0 Å². The first-order valence-corrected chi connectivity index (χ1v) is 19.7. The molecule has 0 fully saturated rings. The van der Waals surface area contributed by atoms with Gasteiger partial charge >= 0.3 is 153 Å². The summed E-state index contributed by atoms with van der Waals surface area (Å²) >= 11 is 1.58. The molecule has 0 unspecified atom stereocenters. The normalized spacial score (nSPS) is 13.0. The van der Waals surface area contributed by atoms with Crippen LogP contribution in [0.15, 0.2) is 24.3 Å². The fourth-order valence-electron chi connectivity index (χ4n) is 2.21.